The van der Waals surface area contributed by atoms with E-state index in [4.69, 9.17) is 10.2 Å². The van der Waals surface area contributed by atoms with Crippen molar-refractivity contribution in [1.29, 1.82) is 0 Å². The third kappa shape index (κ3) is 3.24. The Hall–Kier alpha value is -1.60. The summed E-state index contributed by atoms with van der Waals surface area (Å²) in [5, 5.41) is -0.230. The minimum absolute atomic E-state index is 0.0213. The van der Waals surface area contributed by atoms with Crippen LogP contribution in [0, 0.1) is 0 Å². The Kier molecular flexibility index (Phi) is 3.77. The summed E-state index contributed by atoms with van der Waals surface area (Å²) < 4.78 is 29.4. The number of hydrogen-bond donors (Lipinski definition) is 1. The highest BCUT2D eigenvalue weighted by Gasteiger charge is 2.21. The highest BCUT2D eigenvalue weighted by atomic mass is 32.2. The summed E-state index contributed by atoms with van der Waals surface area (Å²) in [5.41, 5.74) is 7.02. The van der Waals surface area contributed by atoms with Crippen LogP contribution in [0.15, 0.2) is 27.8 Å². The fourth-order valence-corrected chi connectivity index (χ4v) is 2.85. The molecule has 0 radical (unpaired) electrons. The van der Waals surface area contributed by atoms with Crippen molar-refractivity contribution >= 4 is 26.6 Å². The van der Waals surface area contributed by atoms with Gasteiger partial charge in [0.05, 0.1) is 5.75 Å². The number of benzene rings is 1. The van der Waals surface area contributed by atoms with Crippen molar-refractivity contribution in [2.75, 3.05) is 32.1 Å². The van der Waals surface area contributed by atoms with Crippen molar-refractivity contribution in [2.24, 2.45) is 0 Å². The van der Waals surface area contributed by atoms with E-state index in [9.17, 15) is 8.42 Å². The van der Waals surface area contributed by atoms with E-state index in [2.05, 4.69) is 4.98 Å². The molecule has 1 aromatic carbocycles. The fraction of sp³-hybridized carbons (Fsp3) is 0.417. The van der Waals surface area contributed by atoms with E-state index in [0.717, 1.165) is 0 Å². The van der Waals surface area contributed by atoms with Gasteiger partial charge in [-0.3, -0.25) is 0 Å². The summed E-state index contributed by atoms with van der Waals surface area (Å²) in [6, 6.07) is 4.88. The summed E-state index contributed by atoms with van der Waals surface area (Å²) in [6.07, 6.45) is 0.538. The van der Waals surface area contributed by atoms with Crippen molar-refractivity contribution in [3.8, 4) is 0 Å². The third-order valence-electron chi connectivity index (χ3n) is 2.68. The van der Waals surface area contributed by atoms with Gasteiger partial charge in [0.2, 0.25) is 9.84 Å². The van der Waals surface area contributed by atoms with Crippen LogP contribution in [0.2, 0.25) is 0 Å². The standard InChI is InChI=1S/C12H17N3O3S/c1-15(2)6-3-7-19(16,17)12-14-10-5-4-9(13)8-11(10)18-12/h4-5,8H,3,6-7,13H2,1-2H3. The van der Waals surface area contributed by atoms with Gasteiger partial charge in [0.25, 0.3) is 0 Å². The van der Waals surface area contributed by atoms with Crippen molar-refractivity contribution in [3.63, 3.8) is 0 Å². The molecule has 0 spiro atoms. The summed E-state index contributed by atoms with van der Waals surface area (Å²) in [7, 11) is 0.319. The molecule has 0 aliphatic rings. The minimum Gasteiger partial charge on any atom is -0.428 e. The summed E-state index contributed by atoms with van der Waals surface area (Å²) in [5.74, 6) is 0.0213. The zero-order valence-electron chi connectivity index (χ0n) is 11.0. The molecule has 0 bridgehead atoms. The predicted molar refractivity (Wildman–Crippen MR) is 73.6 cm³/mol. The van der Waals surface area contributed by atoms with E-state index in [1.165, 1.54) is 0 Å². The number of hydrogen-bond acceptors (Lipinski definition) is 6. The highest BCUT2D eigenvalue weighted by molar-refractivity contribution is 7.91. The maximum Gasteiger partial charge on any atom is 0.316 e. The lowest BCUT2D eigenvalue weighted by Gasteiger charge is -2.07. The Morgan fingerprint density at radius 1 is 1.37 bits per heavy atom. The van der Waals surface area contributed by atoms with Crippen molar-refractivity contribution in [1.82, 2.24) is 9.88 Å². The van der Waals surface area contributed by atoms with Gasteiger partial charge in [0.1, 0.15) is 5.52 Å². The molecule has 19 heavy (non-hydrogen) atoms. The van der Waals surface area contributed by atoms with Crippen LogP contribution in [0.5, 0.6) is 0 Å². The van der Waals surface area contributed by atoms with E-state index in [1.54, 1.807) is 18.2 Å². The van der Waals surface area contributed by atoms with Gasteiger partial charge < -0.3 is 15.1 Å². The smallest absolute Gasteiger partial charge is 0.316 e. The zero-order chi connectivity index (χ0) is 14.0. The Morgan fingerprint density at radius 3 is 2.79 bits per heavy atom. The molecule has 2 aromatic rings. The molecule has 0 unspecified atom stereocenters. The molecule has 0 fully saturated rings. The molecule has 104 valence electrons. The number of rotatable bonds is 5. The SMILES string of the molecule is CN(C)CCCS(=O)(=O)c1nc2ccc(N)cc2o1. The van der Waals surface area contributed by atoms with Crippen molar-refractivity contribution < 1.29 is 12.8 Å². The van der Waals surface area contributed by atoms with E-state index < -0.39 is 9.84 Å². The molecular weight excluding hydrogens is 266 g/mol. The molecule has 0 saturated carbocycles. The largest absolute Gasteiger partial charge is 0.428 e. The van der Waals surface area contributed by atoms with Gasteiger partial charge >= 0.3 is 5.22 Å². The number of fused-ring (bicyclic) bond motifs is 1. The van der Waals surface area contributed by atoms with Crippen LogP contribution in [0.1, 0.15) is 6.42 Å². The number of nitrogens with two attached hydrogens (primary N) is 1. The number of aromatic nitrogens is 1. The molecule has 6 nitrogen and oxygen atoms in total. The topological polar surface area (TPSA) is 89.4 Å². The first-order valence-electron chi connectivity index (χ1n) is 5.92. The van der Waals surface area contributed by atoms with Gasteiger partial charge in [-0.15, -0.1) is 0 Å². The molecule has 0 aliphatic carbocycles. The van der Waals surface area contributed by atoms with Crippen molar-refractivity contribution in [3.05, 3.63) is 18.2 Å². The Balaban J connectivity index is 2.23. The maximum atomic E-state index is 12.1. The zero-order valence-corrected chi connectivity index (χ0v) is 11.8. The summed E-state index contributed by atoms with van der Waals surface area (Å²) in [4.78, 5) is 5.93. The Labute approximate surface area is 112 Å². The summed E-state index contributed by atoms with van der Waals surface area (Å²) in [6.45, 7) is 0.701. The lowest BCUT2D eigenvalue weighted by Crippen LogP contribution is -2.17. The molecule has 0 aliphatic heterocycles. The van der Waals surface area contributed by atoms with Crippen LogP contribution in [-0.4, -0.2) is 44.7 Å². The number of nitrogens with zero attached hydrogens (tertiary/aromatic N) is 2. The normalized spacial score (nSPS) is 12.4. The molecule has 7 heteroatoms. The second-order valence-corrected chi connectivity index (χ2v) is 6.67. The quantitative estimate of drug-likeness (QED) is 0.827. The first-order valence-corrected chi connectivity index (χ1v) is 7.57. The molecular formula is C12H17N3O3S. The van der Waals surface area contributed by atoms with E-state index in [0.29, 0.717) is 29.8 Å². The van der Waals surface area contributed by atoms with Gasteiger partial charge in [-0.05, 0) is 39.2 Å². The Morgan fingerprint density at radius 2 is 2.11 bits per heavy atom. The predicted octanol–water partition coefficient (Wildman–Crippen LogP) is 1.14. The van der Waals surface area contributed by atoms with Crippen LogP contribution in [-0.2, 0) is 9.84 Å². The second-order valence-electron chi connectivity index (χ2n) is 4.68. The highest BCUT2D eigenvalue weighted by Crippen LogP contribution is 2.22. The second kappa shape index (κ2) is 5.18. The lowest BCUT2D eigenvalue weighted by molar-refractivity contribution is 0.406. The van der Waals surface area contributed by atoms with Crippen LogP contribution in [0.4, 0.5) is 5.69 Å². The molecule has 2 N–H and O–H groups in total. The van der Waals surface area contributed by atoms with Crippen LogP contribution < -0.4 is 5.73 Å². The number of sulfone groups is 1. The minimum atomic E-state index is -3.48. The number of nitrogen functional groups attached to an aromatic ring is 1. The van der Waals surface area contributed by atoms with Gasteiger partial charge in [-0.25, -0.2) is 8.42 Å². The molecule has 2 rings (SSSR count). The van der Waals surface area contributed by atoms with Gasteiger partial charge in [-0.1, -0.05) is 0 Å². The molecule has 0 atom stereocenters. The average molecular weight is 283 g/mol. The summed E-state index contributed by atoms with van der Waals surface area (Å²) >= 11 is 0. The van der Waals surface area contributed by atoms with Gasteiger partial charge in [-0.2, -0.15) is 4.98 Å². The van der Waals surface area contributed by atoms with Gasteiger partial charge in [0, 0.05) is 11.8 Å². The first-order chi connectivity index (χ1) is 8.88. The third-order valence-corrected chi connectivity index (χ3v) is 4.21. The first kappa shape index (κ1) is 13.8. The molecule has 0 amide bonds. The van der Waals surface area contributed by atoms with Crippen LogP contribution in [0.3, 0.4) is 0 Å². The van der Waals surface area contributed by atoms with Gasteiger partial charge in [0.15, 0.2) is 5.58 Å². The molecule has 1 aromatic heterocycles. The van der Waals surface area contributed by atoms with E-state index >= 15 is 0 Å². The monoisotopic (exact) mass is 283 g/mol. The average Bonchev–Trinajstić information content (AvgIpc) is 2.71. The van der Waals surface area contributed by atoms with Crippen LogP contribution in [0.25, 0.3) is 11.1 Å². The van der Waals surface area contributed by atoms with Crippen LogP contribution >= 0.6 is 0 Å². The number of anilines is 1. The van der Waals surface area contributed by atoms with E-state index in [-0.39, 0.29) is 11.0 Å². The maximum absolute atomic E-state index is 12.1. The lowest BCUT2D eigenvalue weighted by atomic mass is 10.3. The molecule has 1 heterocycles. The fourth-order valence-electron chi connectivity index (χ4n) is 1.71. The van der Waals surface area contributed by atoms with E-state index in [1.807, 2.05) is 19.0 Å². The van der Waals surface area contributed by atoms with Crippen molar-refractivity contribution in [2.45, 2.75) is 11.6 Å². The molecule has 0 saturated heterocycles. The Bertz CT molecular complexity index is 677. The number of oxazole rings is 1.